The lowest BCUT2D eigenvalue weighted by molar-refractivity contribution is 0.207. The lowest BCUT2D eigenvalue weighted by Crippen LogP contribution is -2.34. The third-order valence-corrected chi connectivity index (χ3v) is 3.62. The van der Waals surface area contributed by atoms with Crippen LogP contribution in [0.15, 0.2) is 24.3 Å². The number of aryl methyl sites for hydroxylation is 1. The summed E-state index contributed by atoms with van der Waals surface area (Å²) in [7, 11) is 0. The van der Waals surface area contributed by atoms with E-state index in [0.29, 0.717) is 11.8 Å². The number of phenols is 1. The Morgan fingerprint density at radius 3 is 2.39 bits per heavy atom. The van der Waals surface area contributed by atoms with E-state index in [-0.39, 0.29) is 0 Å². The summed E-state index contributed by atoms with van der Waals surface area (Å²) in [5, 5.41) is 9.25. The maximum absolute atomic E-state index is 9.25. The first-order chi connectivity index (χ1) is 8.67. The van der Waals surface area contributed by atoms with Crippen LogP contribution in [0.4, 0.5) is 0 Å². The van der Waals surface area contributed by atoms with E-state index in [1.807, 2.05) is 12.1 Å². The standard InChI is InChI=1S/C16H27NO/c1-4-6-13-17(5-2)14(3)7-8-15-9-11-16(18)12-10-15/h9-12,14,18H,4-8,13H2,1-3H3. The molecular formula is C16H27NO. The largest absolute Gasteiger partial charge is 0.508 e. The molecule has 0 fully saturated rings. The van der Waals surface area contributed by atoms with Crippen LogP contribution in [0.5, 0.6) is 5.75 Å². The molecule has 2 nitrogen and oxygen atoms in total. The molecule has 0 aliphatic carbocycles. The van der Waals surface area contributed by atoms with Crippen LogP contribution >= 0.6 is 0 Å². The van der Waals surface area contributed by atoms with E-state index in [9.17, 15) is 5.11 Å². The molecule has 0 aliphatic rings. The number of benzene rings is 1. The first-order valence-corrected chi connectivity index (χ1v) is 7.19. The van der Waals surface area contributed by atoms with Crippen LogP contribution in [-0.4, -0.2) is 29.1 Å². The maximum Gasteiger partial charge on any atom is 0.115 e. The summed E-state index contributed by atoms with van der Waals surface area (Å²) in [6.45, 7) is 9.15. The third kappa shape index (κ3) is 5.09. The minimum atomic E-state index is 0.352. The normalized spacial score (nSPS) is 12.9. The molecule has 0 saturated heterocycles. The van der Waals surface area contributed by atoms with Crippen LogP contribution < -0.4 is 0 Å². The summed E-state index contributed by atoms with van der Waals surface area (Å²) in [5.41, 5.74) is 1.31. The van der Waals surface area contributed by atoms with E-state index in [1.54, 1.807) is 12.1 Å². The summed E-state index contributed by atoms with van der Waals surface area (Å²) >= 11 is 0. The lowest BCUT2D eigenvalue weighted by Gasteiger charge is -2.27. The molecule has 0 aromatic heterocycles. The van der Waals surface area contributed by atoms with Gasteiger partial charge in [0, 0.05) is 6.04 Å². The van der Waals surface area contributed by atoms with Crippen molar-refractivity contribution in [3.8, 4) is 5.75 Å². The van der Waals surface area contributed by atoms with E-state index in [1.165, 1.54) is 31.4 Å². The summed E-state index contributed by atoms with van der Waals surface area (Å²) in [6.07, 6.45) is 4.82. The zero-order chi connectivity index (χ0) is 13.4. The molecule has 0 saturated carbocycles. The van der Waals surface area contributed by atoms with Gasteiger partial charge in [-0.3, -0.25) is 0 Å². The van der Waals surface area contributed by atoms with E-state index < -0.39 is 0 Å². The molecule has 0 spiro atoms. The zero-order valence-electron chi connectivity index (χ0n) is 12.0. The van der Waals surface area contributed by atoms with Crippen molar-refractivity contribution >= 4 is 0 Å². The van der Waals surface area contributed by atoms with Crippen molar-refractivity contribution in [2.45, 2.75) is 52.5 Å². The van der Waals surface area contributed by atoms with Crippen LogP contribution in [0.3, 0.4) is 0 Å². The number of nitrogens with zero attached hydrogens (tertiary/aromatic N) is 1. The van der Waals surface area contributed by atoms with E-state index in [4.69, 9.17) is 0 Å². The minimum absolute atomic E-state index is 0.352. The van der Waals surface area contributed by atoms with Gasteiger partial charge < -0.3 is 10.0 Å². The fraction of sp³-hybridized carbons (Fsp3) is 0.625. The first kappa shape index (κ1) is 15.0. The third-order valence-electron chi connectivity index (χ3n) is 3.62. The predicted molar refractivity (Wildman–Crippen MR) is 78.0 cm³/mol. The highest BCUT2D eigenvalue weighted by atomic mass is 16.3. The van der Waals surface area contributed by atoms with Gasteiger partial charge in [0.2, 0.25) is 0 Å². The van der Waals surface area contributed by atoms with Crippen molar-refractivity contribution in [3.05, 3.63) is 29.8 Å². The molecule has 18 heavy (non-hydrogen) atoms. The molecule has 1 aromatic rings. The molecule has 0 amide bonds. The van der Waals surface area contributed by atoms with E-state index >= 15 is 0 Å². The molecule has 0 aliphatic heterocycles. The Labute approximate surface area is 112 Å². The smallest absolute Gasteiger partial charge is 0.115 e. The van der Waals surface area contributed by atoms with Gasteiger partial charge in [0.15, 0.2) is 0 Å². The van der Waals surface area contributed by atoms with Gasteiger partial charge in [0.25, 0.3) is 0 Å². The Kier molecular flexibility index (Phi) is 6.81. The van der Waals surface area contributed by atoms with Gasteiger partial charge in [0.1, 0.15) is 5.75 Å². The fourth-order valence-electron chi connectivity index (χ4n) is 2.27. The number of rotatable bonds is 8. The van der Waals surface area contributed by atoms with Crippen LogP contribution in [0.1, 0.15) is 45.6 Å². The van der Waals surface area contributed by atoms with Gasteiger partial charge in [-0.2, -0.15) is 0 Å². The first-order valence-electron chi connectivity index (χ1n) is 7.19. The fourth-order valence-corrected chi connectivity index (χ4v) is 2.27. The number of unbranched alkanes of at least 4 members (excludes halogenated alkanes) is 1. The molecule has 1 aromatic carbocycles. The van der Waals surface area contributed by atoms with Gasteiger partial charge in [-0.1, -0.05) is 32.4 Å². The quantitative estimate of drug-likeness (QED) is 0.756. The average Bonchev–Trinajstić information content (AvgIpc) is 2.39. The Balaban J connectivity index is 2.38. The monoisotopic (exact) mass is 249 g/mol. The summed E-state index contributed by atoms with van der Waals surface area (Å²) in [5.74, 6) is 0.352. The molecule has 2 heteroatoms. The number of hydrogen-bond acceptors (Lipinski definition) is 2. The molecule has 0 heterocycles. The highest BCUT2D eigenvalue weighted by Gasteiger charge is 2.11. The Hall–Kier alpha value is -1.02. The molecule has 0 radical (unpaired) electrons. The average molecular weight is 249 g/mol. The lowest BCUT2D eigenvalue weighted by atomic mass is 10.0. The molecule has 102 valence electrons. The van der Waals surface area contributed by atoms with Crippen molar-refractivity contribution in [3.63, 3.8) is 0 Å². The topological polar surface area (TPSA) is 23.5 Å². The van der Waals surface area contributed by atoms with Crippen LogP contribution in [0, 0.1) is 0 Å². The second kappa shape index (κ2) is 8.15. The molecule has 1 rings (SSSR count). The maximum atomic E-state index is 9.25. The molecular weight excluding hydrogens is 222 g/mol. The number of hydrogen-bond donors (Lipinski definition) is 1. The van der Waals surface area contributed by atoms with Crippen molar-refractivity contribution in [1.29, 1.82) is 0 Å². The molecule has 0 bridgehead atoms. The summed E-state index contributed by atoms with van der Waals surface area (Å²) < 4.78 is 0. The van der Waals surface area contributed by atoms with Gasteiger partial charge in [0.05, 0.1) is 0 Å². The Morgan fingerprint density at radius 2 is 1.83 bits per heavy atom. The van der Waals surface area contributed by atoms with Gasteiger partial charge >= 0.3 is 0 Å². The Bertz CT molecular complexity index is 320. The van der Waals surface area contributed by atoms with Crippen LogP contribution in [0.25, 0.3) is 0 Å². The second-order valence-electron chi connectivity index (χ2n) is 5.04. The van der Waals surface area contributed by atoms with E-state index in [2.05, 4.69) is 25.7 Å². The Morgan fingerprint density at radius 1 is 1.17 bits per heavy atom. The second-order valence-corrected chi connectivity index (χ2v) is 5.04. The number of aromatic hydroxyl groups is 1. The highest BCUT2D eigenvalue weighted by Crippen LogP contribution is 2.14. The van der Waals surface area contributed by atoms with Gasteiger partial charge in [-0.05, 0) is 57.0 Å². The highest BCUT2D eigenvalue weighted by molar-refractivity contribution is 5.25. The minimum Gasteiger partial charge on any atom is -0.508 e. The molecule has 1 N–H and O–H groups in total. The SMILES string of the molecule is CCCCN(CC)C(C)CCc1ccc(O)cc1. The zero-order valence-corrected chi connectivity index (χ0v) is 12.0. The van der Waals surface area contributed by atoms with Crippen molar-refractivity contribution in [1.82, 2.24) is 4.90 Å². The predicted octanol–water partition coefficient (Wildman–Crippen LogP) is 3.84. The number of phenolic OH excluding ortho intramolecular Hbond substituents is 1. The summed E-state index contributed by atoms with van der Waals surface area (Å²) in [4.78, 5) is 2.56. The van der Waals surface area contributed by atoms with Gasteiger partial charge in [-0.25, -0.2) is 0 Å². The van der Waals surface area contributed by atoms with Crippen LogP contribution in [0.2, 0.25) is 0 Å². The van der Waals surface area contributed by atoms with Gasteiger partial charge in [-0.15, -0.1) is 0 Å². The van der Waals surface area contributed by atoms with Crippen molar-refractivity contribution < 1.29 is 5.11 Å². The summed E-state index contributed by atoms with van der Waals surface area (Å²) in [6, 6.07) is 8.22. The van der Waals surface area contributed by atoms with Crippen LogP contribution in [-0.2, 0) is 6.42 Å². The van der Waals surface area contributed by atoms with Crippen molar-refractivity contribution in [2.24, 2.45) is 0 Å². The molecule has 1 atom stereocenters. The van der Waals surface area contributed by atoms with Crippen molar-refractivity contribution in [2.75, 3.05) is 13.1 Å². The molecule has 1 unspecified atom stereocenters. The van der Waals surface area contributed by atoms with E-state index in [0.717, 1.165) is 13.0 Å².